The molecule has 1 aliphatic heterocycles. The zero-order valence-corrected chi connectivity index (χ0v) is 19.8. The van der Waals surface area contributed by atoms with E-state index in [1.165, 1.54) is 32.4 Å². The van der Waals surface area contributed by atoms with Crippen molar-refractivity contribution >= 4 is 29.9 Å². The van der Waals surface area contributed by atoms with Gasteiger partial charge in [0.25, 0.3) is 0 Å². The van der Waals surface area contributed by atoms with Gasteiger partial charge in [0.05, 0.1) is 25.0 Å². The monoisotopic (exact) mass is 512 g/mol. The second kappa shape index (κ2) is 12.7. The average molecular weight is 512 g/mol. The Labute approximate surface area is 190 Å². The highest BCUT2D eigenvalue weighted by atomic mass is 127. The number of hydrogen-bond donors (Lipinski definition) is 2. The third-order valence-electron chi connectivity index (χ3n) is 4.89. The van der Waals surface area contributed by atoms with Crippen molar-refractivity contribution in [2.24, 2.45) is 4.99 Å². The molecule has 1 aromatic carbocycles. The van der Waals surface area contributed by atoms with E-state index in [1.54, 1.807) is 7.11 Å². The van der Waals surface area contributed by atoms with E-state index in [9.17, 15) is 0 Å². The van der Waals surface area contributed by atoms with E-state index in [1.807, 2.05) is 41.2 Å². The minimum absolute atomic E-state index is 0. The van der Waals surface area contributed by atoms with Gasteiger partial charge >= 0.3 is 0 Å². The first kappa shape index (κ1) is 23.5. The summed E-state index contributed by atoms with van der Waals surface area (Å²) >= 11 is 0. The SMILES string of the molecule is CCNC(=NCc1ccn(-c2ccc(OC)cc2)n1)NCCN1CCCCC1.I. The average Bonchev–Trinajstić information content (AvgIpc) is 3.22. The number of rotatable bonds is 8. The number of methoxy groups -OCH3 is 1. The first-order chi connectivity index (χ1) is 13.8. The van der Waals surface area contributed by atoms with Gasteiger partial charge in [0.1, 0.15) is 5.75 Å². The summed E-state index contributed by atoms with van der Waals surface area (Å²) in [4.78, 5) is 7.21. The number of ether oxygens (including phenoxy) is 1. The lowest BCUT2D eigenvalue weighted by molar-refractivity contribution is 0.232. The number of nitrogens with one attached hydrogen (secondary N) is 2. The summed E-state index contributed by atoms with van der Waals surface area (Å²) in [5, 5.41) is 11.4. The predicted octanol–water partition coefficient (Wildman–Crippen LogP) is 3.04. The van der Waals surface area contributed by atoms with Crippen molar-refractivity contribution in [1.82, 2.24) is 25.3 Å². The van der Waals surface area contributed by atoms with E-state index in [2.05, 4.69) is 32.5 Å². The van der Waals surface area contributed by atoms with Crippen LogP contribution in [0.3, 0.4) is 0 Å². The molecular weight excluding hydrogens is 479 g/mol. The number of halogens is 1. The molecule has 3 rings (SSSR count). The molecule has 0 bridgehead atoms. The number of benzene rings is 1. The molecule has 1 saturated heterocycles. The van der Waals surface area contributed by atoms with Crippen molar-refractivity contribution in [2.75, 3.05) is 39.8 Å². The fourth-order valence-corrected chi connectivity index (χ4v) is 3.34. The van der Waals surface area contributed by atoms with E-state index in [-0.39, 0.29) is 24.0 Å². The molecular formula is C21H33IN6O. The Morgan fingerprint density at radius 2 is 1.86 bits per heavy atom. The minimum atomic E-state index is 0. The number of guanidine groups is 1. The Hall–Kier alpha value is -1.81. The normalized spacial score (nSPS) is 14.9. The third-order valence-corrected chi connectivity index (χ3v) is 4.89. The topological polar surface area (TPSA) is 66.7 Å². The second-order valence-corrected chi connectivity index (χ2v) is 6.97. The molecule has 0 saturated carbocycles. The fraction of sp³-hybridized carbons (Fsp3) is 0.524. The molecule has 1 aromatic heterocycles. The van der Waals surface area contributed by atoms with Crippen LogP contribution in [0.4, 0.5) is 0 Å². The molecule has 2 N–H and O–H groups in total. The molecule has 29 heavy (non-hydrogen) atoms. The molecule has 0 unspecified atom stereocenters. The van der Waals surface area contributed by atoms with Gasteiger partial charge in [-0.25, -0.2) is 9.67 Å². The molecule has 2 aromatic rings. The number of piperidine rings is 1. The van der Waals surface area contributed by atoms with Crippen LogP contribution in [0.25, 0.3) is 5.69 Å². The zero-order chi connectivity index (χ0) is 19.6. The van der Waals surface area contributed by atoms with Gasteiger partial charge in [-0.05, 0) is 63.2 Å². The maximum atomic E-state index is 5.20. The summed E-state index contributed by atoms with van der Waals surface area (Å²) in [5.74, 6) is 1.69. The Balaban J connectivity index is 0.00000300. The highest BCUT2D eigenvalue weighted by Crippen LogP contribution is 2.14. The molecule has 7 nitrogen and oxygen atoms in total. The molecule has 0 atom stereocenters. The second-order valence-electron chi connectivity index (χ2n) is 6.97. The summed E-state index contributed by atoms with van der Waals surface area (Å²) in [6.07, 6.45) is 5.98. The van der Waals surface area contributed by atoms with Gasteiger partial charge in [0, 0.05) is 25.8 Å². The molecule has 1 fully saturated rings. The Kier molecular flexibility index (Phi) is 10.3. The van der Waals surface area contributed by atoms with Crippen LogP contribution >= 0.6 is 24.0 Å². The number of aromatic nitrogens is 2. The standard InChI is InChI=1S/C21H32N6O.HI/c1-3-22-21(23-12-16-26-13-5-4-6-14-26)24-17-18-11-15-27(25-18)19-7-9-20(28-2)10-8-19;/h7-11,15H,3-6,12-14,16-17H2,1-2H3,(H2,22,23,24);1H. The van der Waals surface area contributed by atoms with Crippen molar-refractivity contribution in [3.63, 3.8) is 0 Å². The molecule has 1 aliphatic rings. The Bertz CT molecular complexity index is 740. The van der Waals surface area contributed by atoms with E-state index in [0.29, 0.717) is 6.54 Å². The summed E-state index contributed by atoms with van der Waals surface area (Å²) in [6.45, 7) is 7.89. The van der Waals surface area contributed by atoms with Crippen LogP contribution in [0.1, 0.15) is 31.9 Å². The zero-order valence-electron chi connectivity index (χ0n) is 17.4. The molecule has 0 amide bonds. The molecule has 0 radical (unpaired) electrons. The molecule has 0 spiro atoms. The number of likely N-dealkylation sites (tertiary alicyclic amines) is 1. The molecule has 8 heteroatoms. The fourth-order valence-electron chi connectivity index (χ4n) is 3.34. The largest absolute Gasteiger partial charge is 0.497 e. The quantitative estimate of drug-likeness (QED) is 0.324. The molecule has 0 aliphatic carbocycles. The summed E-state index contributed by atoms with van der Waals surface area (Å²) in [7, 11) is 1.67. The van der Waals surface area contributed by atoms with Crippen molar-refractivity contribution in [2.45, 2.75) is 32.7 Å². The van der Waals surface area contributed by atoms with Gasteiger partial charge in [0.15, 0.2) is 5.96 Å². The van der Waals surface area contributed by atoms with Crippen LogP contribution in [-0.4, -0.2) is 60.5 Å². The summed E-state index contributed by atoms with van der Waals surface area (Å²) < 4.78 is 7.07. The lowest BCUT2D eigenvalue weighted by atomic mass is 10.1. The van der Waals surface area contributed by atoms with Crippen LogP contribution in [0.2, 0.25) is 0 Å². The summed E-state index contributed by atoms with van der Waals surface area (Å²) in [5.41, 5.74) is 1.94. The Morgan fingerprint density at radius 1 is 1.10 bits per heavy atom. The predicted molar refractivity (Wildman–Crippen MR) is 129 cm³/mol. The van der Waals surface area contributed by atoms with Gasteiger partial charge in [-0.15, -0.1) is 24.0 Å². The maximum Gasteiger partial charge on any atom is 0.191 e. The van der Waals surface area contributed by atoms with Gasteiger partial charge < -0.3 is 20.3 Å². The van der Waals surface area contributed by atoms with Crippen LogP contribution < -0.4 is 15.4 Å². The van der Waals surface area contributed by atoms with E-state index < -0.39 is 0 Å². The van der Waals surface area contributed by atoms with Crippen molar-refractivity contribution in [3.05, 3.63) is 42.2 Å². The van der Waals surface area contributed by atoms with Crippen molar-refractivity contribution in [1.29, 1.82) is 0 Å². The van der Waals surface area contributed by atoms with Crippen molar-refractivity contribution in [3.8, 4) is 11.4 Å². The van der Waals surface area contributed by atoms with Crippen LogP contribution in [0, 0.1) is 0 Å². The third kappa shape index (κ3) is 7.50. The van der Waals surface area contributed by atoms with E-state index in [4.69, 9.17) is 4.74 Å². The minimum Gasteiger partial charge on any atom is -0.497 e. The van der Waals surface area contributed by atoms with Crippen LogP contribution in [0.5, 0.6) is 5.75 Å². The van der Waals surface area contributed by atoms with E-state index >= 15 is 0 Å². The number of aliphatic imine (C=N–C) groups is 1. The first-order valence-corrected chi connectivity index (χ1v) is 10.2. The van der Waals surface area contributed by atoms with Gasteiger partial charge in [-0.1, -0.05) is 6.42 Å². The lowest BCUT2D eigenvalue weighted by Gasteiger charge is -2.26. The molecule has 160 valence electrons. The van der Waals surface area contributed by atoms with Crippen molar-refractivity contribution < 1.29 is 4.74 Å². The summed E-state index contributed by atoms with van der Waals surface area (Å²) in [6, 6.07) is 9.86. The molecule has 2 heterocycles. The van der Waals surface area contributed by atoms with Gasteiger partial charge in [0.2, 0.25) is 0 Å². The van der Waals surface area contributed by atoms with Gasteiger partial charge in [-0.2, -0.15) is 5.10 Å². The van der Waals surface area contributed by atoms with Crippen LogP contribution in [-0.2, 0) is 6.54 Å². The number of nitrogens with zero attached hydrogens (tertiary/aromatic N) is 4. The Morgan fingerprint density at radius 3 is 2.55 bits per heavy atom. The highest BCUT2D eigenvalue weighted by Gasteiger charge is 2.09. The van der Waals surface area contributed by atoms with Gasteiger partial charge in [-0.3, -0.25) is 0 Å². The van der Waals surface area contributed by atoms with E-state index in [0.717, 1.165) is 42.7 Å². The maximum absolute atomic E-state index is 5.20. The van der Waals surface area contributed by atoms with Crippen LogP contribution in [0.15, 0.2) is 41.5 Å². The lowest BCUT2D eigenvalue weighted by Crippen LogP contribution is -2.42. The number of hydrogen-bond acceptors (Lipinski definition) is 4. The highest BCUT2D eigenvalue weighted by molar-refractivity contribution is 14.0. The first-order valence-electron chi connectivity index (χ1n) is 10.2. The smallest absolute Gasteiger partial charge is 0.191 e.